The van der Waals surface area contributed by atoms with Gasteiger partial charge < -0.3 is 28.6 Å². The van der Waals surface area contributed by atoms with E-state index in [1.165, 1.54) is 19.2 Å². The van der Waals surface area contributed by atoms with Crippen molar-refractivity contribution in [3.05, 3.63) is 28.3 Å². The molecular formula is C23H42N2O7Si2. The summed E-state index contributed by atoms with van der Waals surface area (Å²) in [6, 6.07) is 6.81. The highest BCUT2D eigenvalue weighted by Gasteiger charge is 2.36. The maximum Gasteiger partial charge on any atom is 0.273 e. The smallest absolute Gasteiger partial charge is 0.273 e. The van der Waals surface area contributed by atoms with Crippen LogP contribution in [-0.4, -0.2) is 80.3 Å². The molecule has 1 fully saturated rings. The molecule has 194 valence electrons. The van der Waals surface area contributed by atoms with Gasteiger partial charge in [0.15, 0.2) is 0 Å². The molecule has 1 aromatic rings. The van der Waals surface area contributed by atoms with Crippen molar-refractivity contribution >= 4 is 27.5 Å². The molecule has 0 amide bonds. The van der Waals surface area contributed by atoms with Crippen LogP contribution in [-0.2, 0) is 18.9 Å². The van der Waals surface area contributed by atoms with Crippen LogP contribution < -0.4 is 9.64 Å². The number of nitro groups is 1. The van der Waals surface area contributed by atoms with Gasteiger partial charge in [0.1, 0.15) is 31.5 Å². The highest BCUT2D eigenvalue weighted by molar-refractivity contribution is 6.76. The molecule has 9 nitrogen and oxygen atoms in total. The number of nitrogens with zero attached hydrogens (tertiary/aromatic N) is 2. The molecule has 0 aromatic heterocycles. The van der Waals surface area contributed by atoms with E-state index in [9.17, 15) is 10.1 Å². The lowest BCUT2D eigenvalue weighted by molar-refractivity contribution is -0.384. The lowest BCUT2D eigenvalue weighted by atomic mass is 10.2. The molecule has 1 aliphatic heterocycles. The second-order valence-corrected chi connectivity index (χ2v) is 22.3. The molecule has 0 aliphatic carbocycles. The molecule has 0 radical (unpaired) electrons. The zero-order valence-corrected chi connectivity index (χ0v) is 23.8. The number of anilines is 1. The van der Waals surface area contributed by atoms with Crippen molar-refractivity contribution < 1.29 is 28.6 Å². The third-order valence-electron chi connectivity index (χ3n) is 5.65. The van der Waals surface area contributed by atoms with Crippen LogP contribution in [0, 0.1) is 10.1 Å². The third kappa shape index (κ3) is 10.0. The summed E-state index contributed by atoms with van der Waals surface area (Å²) in [4.78, 5) is 12.8. The summed E-state index contributed by atoms with van der Waals surface area (Å²) in [5.41, 5.74) is 0.763. The van der Waals surface area contributed by atoms with Gasteiger partial charge in [-0.1, -0.05) is 39.3 Å². The number of non-ortho nitro benzene ring substituents is 1. The number of nitro benzene ring substituents is 1. The van der Waals surface area contributed by atoms with Gasteiger partial charge in [-0.05, 0) is 18.2 Å². The lowest BCUT2D eigenvalue weighted by Crippen LogP contribution is -2.32. The Morgan fingerprint density at radius 3 is 1.85 bits per heavy atom. The normalized spacial score (nSPS) is 19.0. The average molecular weight is 515 g/mol. The highest BCUT2D eigenvalue weighted by atomic mass is 28.3. The molecule has 2 rings (SSSR count). The Morgan fingerprint density at radius 1 is 0.941 bits per heavy atom. The van der Waals surface area contributed by atoms with Crippen molar-refractivity contribution in [3.8, 4) is 5.75 Å². The van der Waals surface area contributed by atoms with Crippen LogP contribution in [0.4, 0.5) is 11.4 Å². The van der Waals surface area contributed by atoms with E-state index >= 15 is 0 Å². The Kier molecular flexibility index (Phi) is 11.0. The molecule has 2 atom stereocenters. The Labute approximate surface area is 205 Å². The minimum atomic E-state index is -1.16. The first-order valence-electron chi connectivity index (χ1n) is 11.9. The van der Waals surface area contributed by atoms with Crippen molar-refractivity contribution in [3.63, 3.8) is 0 Å². The molecule has 11 heteroatoms. The summed E-state index contributed by atoms with van der Waals surface area (Å²) < 4.78 is 29.0. The molecule has 0 bridgehead atoms. The SMILES string of the molecule is COc1cc([N+](=O)[O-])ccc1N1C[C@H](OCOCC[Si](C)(C)C)[C@@H](OCOCC[Si](C)(C)C)C1. The quantitative estimate of drug-likeness (QED) is 0.108. The van der Waals surface area contributed by atoms with E-state index in [0.717, 1.165) is 17.8 Å². The largest absolute Gasteiger partial charge is 0.494 e. The van der Waals surface area contributed by atoms with Crippen molar-refractivity contribution in [2.45, 2.75) is 63.6 Å². The van der Waals surface area contributed by atoms with Crippen LogP contribution in [0.3, 0.4) is 0 Å². The second kappa shape index (κ2) is 13.0. The molecule has 1 heterocycles. The third-order valence-corrected chi connectivity index (χ3v) is 9.06. The fourth-order valence-electron chi connectivity index (χ4n) is 3.45. The number of hydrogen-bond acceptors (Lipinski definition) is 8. The van der Waals surface area contributed by atoms with E-state index in [4.69, 9.17) is 23.7 Å². The van der Waals surface area contributed by atoms with Gasteiger partial charge in [-0.25, -0.2) is 0 Å². The summed E-state index contributed by atoms with van der Waals surface area (Å²) in [5, 5.41) is 11.1. The average Bonchev–Trinajstić information content (AvgIpc) is 3.13. The first-order valence-corrected chi connectivity index (χ1v) is 19.3. The molecule has 1 aliphatic rings. The van der Waals surface area contributed by atoms with Crippen LogP contribution in [0.15, 0.2) is 18.2 Å². The van der Waals surface area contributed by atoms with Gasteiger partial charge in [-0.15, -0.1) is 0 Å². The lowest BCUT2D eigenvalue weighted by Gasteiger charge is -2.21. The van der Waals surface area contributed by atoms with E-state index in [2.05, 4.69) is 44.2 Å². The molecule has 0 saturated carbocycles. The Bertz CT molecular complexity index is 752. The predicted molar refractivity (Wildman–Crippen MR) is 140 cm³/mol. The topological polar surface area (TPSA) is 92.5 Å². The monoisotopic (exact) mass is 514 g/mol. The summed E-state index contributed by atoms with van der Waals surface area (Å²) in [6.45, 7) is 16.8. The van der Waals surface area contributed by atoms with Gasteiger partial charge in [-0.3, -0.25) is 10.1 Å². The van der Waals surface area contributed by atoms with Gasteiger partial charge >= 0.3 is 0 Å². The molecule has 1 aromatic carbocycles. The van der Waals surface area contributed by atoms with E-state index in [1.54, 1.807) is 6.07 Å². The van der Waals surface area contributed by atoms with Crippen molar-refractivity contribution in [1.29, 1.82) is 0 Å². The van der Waals surface area contributed by atoms with Crippen LogP contribution >= 0.6 is 0 Å². The van der Waals surface area contributed by atoms with Crippen LogP contribution in [0.2, 0.25) is 51.4 Å². The molecule has 0 unspecified atom stereocenters. The second-order valence-electron chi connectivity index (χ2n) is 11.1. The van der Waals surface area contributed by atoms with Crippen molar-refractivity contribution in [2.75, 3.05) is 51.9 Å². The molecule has 0 N–H and O–H groups in total. The number of benzene rings is 1. The summed E-state index contributed by atoms with van der Waals surface area (Å²) in [5.74, 6) is 0.450. The first-order chi connectivity index (χ1) is 15.9. The maximum atomic E-state index is 11.1. The van der Waals surface area contributed by atoms with Gasteiger partial charge in [-0.2, -0.15) is 0 Å². The predicted octanol–water partition coefficient (Wildman–Crippen LogP) is 4.82. The molecule has 34 heavy (non-hydrogen) atoms. The Balaban J connectivity index is 1.99. The number of ether oxygens (including phenoxy) is 5. The standard InChI is InChI=1S/C23H42N2O7Si2/c1-28-21-14-19(25(26)27)8-9-20(21)24-15-22(31-17-29-10-12-33(2,3)4)23(16-24)32-18-30-11-13-34(5,6)7/h8-9,14,22-23H,10-13,15-18H2,1-7H3/t22-,23-/m0/s1. The van der Waals surface area contributed by atoms with E-state index in [1.807, 2.05) is 0 Å². The zero-order valence-electron chi connectivity index (χ0n) is 21.8. The van der Waals surface area contributed by atoms with Gasteiger partial charge in [0.2, 0.25) is 0 Å². The van der Waals surface area contributed by atoms with Crippen LogP contribution in [0.5, 0.6) is 5.75 Å². The minimum absolute atomic E-state index is 0.00741. The number of hydrogen-bond donors (Lipinski definition) is 0. The Hall–Kier alpha value is -1.51. The van der Waals surface area contributed by atoms with E-state index < -0.39 is 21.1 Å². The summed E-state index contributed by atoms with van der Waals surface area (Å²) >= 11 is 0. The zero-order chi connectivity index (χ0) is 25.4. The maximum absolute atomic E-state index is 11.1. The summed E-state index contributed by atoms with van der Waals surface area (Å²) in [7, 11) is -0.804. The number of rotatable bonds is 15. The van der Waals surface area contributed by atoms with E-state index in [0.29, 0.717) is 32.1 Å². The Morgan fingerprint density at radius 2 is 1.44 bits per heavy atom. The van der Waals surface area contributed by atoms with Crippen LogP contribution in [0.25, 0.3) is 0 Å². The molecule has 1 saturated heterocycles. The van der Waals surface area contributed by atoms with Gasteiger partial charge in [0, 0.05) is 48.5 Å². The molecule has 0 spiro atoms. The van der Waals surface area contributed by atoms with Gasteiger partial charge in [0.05, 0.1) is 23.8 Å². The summed E-state index contributed by atoms with van der Waals surface area (Å²) in [6.07, 6.45) is -0.431. The minimum Gasteiger partial charge on any atom is -0.494 e. The number of methoxy groups -OCH3 is 1. The fourth-order valence-corrected chi connectivity index (χ4v) is 4.96. The first kappa shape index (κ1) is 28.7. The van der Waals surface area contributed by atoms with E-state index in [-0.39, 0.29) is 31.5 Å². The van der Waals surface area contributed by atoms with Crippen molar-refractivity contribution in [2.24, 2.45) is 0 Å². The van der Waals surface area contributed by atoms with Gasteiger partial charge in [0.25, 0.3) is 5.69 Å². The van der Waals surface area contributed by atoms with Crippen LogP contribution in [0.1, 0.15) is 0 Å². The highest BCUT2D eigenvalue weighted by Crippen LogP contribution is 2.35. The van der Waals surface area contributed by atoms with Crippen molar-refractivity contribution in [1.82, 2.24) is 0 Å². The molecular weight excluding hydrogens is 472 g/mol. The fraction of sp³-hybridized carbons (Fsp3) is 0.739.